The first-order valence-electron chi connectivity index (χ1n) is 7.06. The molecule has 0 aliphatic heterocycles. The van der Waals surface area contributed by atoms with Crippen molar-refractivity contribution in [2.24, 2.45) is 0 Å². The second kappa shape index (κ2) is 9.03. The lowest BCUT2D eigenvalue weighted by Crippen LogP contribution is -2.35. The first-order chi connectivity index (χ1) is 10.7. The summed E-state index contributed by atoms with van der Waals surface area (Å²) in [5, 5.41) is 7.89. The minimum absolute atomic E-state index is 0.683. The highest BCUT2D eigenvalue weighted by Crippen LogP contribution is 2.14. The first kappa shape index (κ1) is 17.1. The van der Waals surface area contributed by atoms with Gasteiger partial charge in [0.2, 0.25) is 0 Å². The molecule has 2 aromatic carbocycles. The second-order valence-corrected chi connectivity index (χ2v) is 6.56. The summed E-state index contributed by atoms with van der Waals surface area (Å²) >= 11 is 12.9. The summed E-state index contributed by atoms with van der Waals surface area (Å²) in [5.41, 5.74) is 2.46. The zero-order valence-corrected chi connectivity index (χ0v) is 14.8. The molecule has 0 bridgehead atoms. The largest absolute Gasteiger partial charge is 0.362 e. The Balaban J connectivity index is 1.68. The van der Waals surface area contributed by atoms with Crippen LogP contribution in [0.15, 0.2) is 53.4 Å². The lowest BCUT2D eigenvalue weighted by atomic mass is 10.1. The topological polar surface area (TPSA) is 24.1 Å². The average molecular weight is 351 g/mol. The lowest BCUT2D eigenvalue weighted by molar-refractivity contribution is 0.814. The zero-order chi connectivity index (χ0) is 15.8. The monoisotopic (exact) mass is 350 g/mol. The van der Waals surface area contributed by atoms with E-state index in [1.807, 2.05) is 24.3 Å². The smallest absolute Gasteiger partial charge is 0.166 e. The maximum Gasteiger partial charge on any atom is 0.166 e. The maximum atomic E-state index is 5.87. The van der Waals surface area contributed by atoms with Crippen molar-refractivity contribution in [3.05, 3.63) is 64.7 Å². The van der Waals surface area contributed by atoms with Gasteiger partial charge in [-0.25, -0.2) is 0 Å². The number of hydrogen-bond donors (Lipinski definition) is 2. The summed E-state index contributed by atoms with van der Waals surface area (Å²) in [6, 6.07) is 16.4. The third-order valence-corrected chi connectivity index (χ3v) is 4.51. The van der Waals surface area contributed by atoms with E-state index < -0.39 is 0 Å². The van der Waals surface area contributed by atoms with Gasteiger partial charge in [0.15, 0.2) is 5.11 Å². The Labute approximate surface area is 146 Å². The Hall–Kier alpha value is -1.23. The van der Waals surface area contributed by atoms with Crippen molar-refractivity contribution in [2.75, 3.05) is 12.8 Å². The molecule has 2 nitrogen and oxygen atoms in total. The Morgan fingerprint density at radius 3 is 2.27 bits per heavy atom. The molecule has 2 rings (SSSR count). The molecule has 0 heterocycles. The lowest BCUT2D eigenvalue weighted by Gasteiger charge is -2.11. The molecule has 0 radical (unpaired) electrons. The van der Waals surface area contributed by atoms with Gasteiger partial charge in [0.1, 0.15) is 0 Å². The molecule has 2 N–H and O–H groups in total. The molecule has 0 aliphatic carbocycles. The fourth-order valence-electron chi connectivity index (χ4n) is 1.96. The predicted octanol–water partition coefficient (Wildman–Crippen LogP) is 4.27. The fourth-order valence-corrected chi connectivity index (χ4v) is 2.67. The normalized spacial score (nSPS) is 10.3. The van der Waals surface area contributed by atoms with E-state index in [0.717, 1.165) is 24.5 Å². The van der Waals surface area contributed by atoms with Gasteiger partial charge in [-0.15, -0.1) is 11.8 Å². The molecule has 5 heteroatoms. The number of benzene rings is 2. The molecule has 2 aromatic rings. The van der Waals surface area contributed by atoms with E-state index in [4.69, 9.17) is 23.8 Å². The third kappa shape index (κ3) is 5.87. The van der Waals surface area contributed by atoms with Gasteiger partial charge < -0.3 is 10.6 Å². The van der Waals surface area contributed by atoms with Gasteiger partial charge in [-0.05, 0) is 60.3 Å². The molecule has 0 atom stereocenters. The SMILES string of the molecule is CSc1ccc(CNC(=S)NCCc2ccc(Cl)cc2)cc1. The van der Waals surface area contributed by atoms with Gasteiger partial charge in [0.05, 0.1) is 0 Å². The van der Waals surface area contributed by atoms with Crippen LogP contribution in [0.2, 0.25) is 5.02 Å². The van der Waals surface area contributed by atoms with Crippen LogP contribution in [0.5, 0.6) is 0 Å². The highest BCUT2D eigenvalue weighted by atomic mass is 35.5. The number of thiocarbonyl (C=S) groups is 1. The zero-order valence-electron chi connectivity index (χ0n) is 12.4. The van der Waals surface area contributed by atoms with Crippen LogP contribution < -0.4 is 10.6 Å². The van der Waals surface area contributed by atoms with E-state index in [0.29, 0.717) is 5.11 Å². The molecule has 0 aliphatic rings. The summed E-state index contributed by atoms with van der Waals surface area (Å²) in [4.78, 5) is 1.27. The van der Waals surface area contributed by atoms with E-state index in [9.17, 15) is 0 Å². The van der Waals surface area contributed by atoms with Crippen molar-refractivity contribution in [2.45, 2.75) is 17.9 Å². The van der Waals surface area contributed by atoms with Gasteiger partial charge in [0, 0.05) is 23.0 Å². The molecule has 0 spiro atoms. The van der Waals surface area contributed by atoms with Gasteiger partial charge in [0.25, 0.3) is 0 Å². The van der Waals surface area contributed by atoms with Crippen molar-refractivity contribution in [3.63, 3.8) is 0 Å². The van der Waals surface area contributed by atoms with Crippen LogP contribution in [0.3, 0.4) is 0 Å². The predicted molar refractivity (Wildman–Crippen MR) is 101 cm³/mol. The maximum absolute atomic E-state index is 5.87. The summed E-state index contributed by atoms with van der Waals surface area (Å²) in [7, 11) is 0. The van der Waals surface area contributed by atoms with Crippen molar-refractivity contribution in [3.8, 4) is 0 Å². The Morgan fingerprint density at radius 1 is 1.00 bits per heavy atom. The molecule has 0 aromatic heterocycles. The van der Waals surface area contributed by atoms with Crippen LogP contribution in [0.1, 0.15) is 11.1 Å². The molecule has 0 saturated carbocycles. The Morgan fingerprint density at radius 2 is 1.64 bits per heavy atom. The van der Waals surface area contributed by atoms with Crippen LogP contribution in [-0.2, 0) is 13.0 Å². The van der Waals surface area contributed by atoms with Gasteiger partial charge in [-0.1, -0.05) is 35.9 Å². The molecule has 0 fully saturated rings. The molecule has 22 heavy (non-hydrogen) atoms. The first-order valence-corrected chi connectivity index (χ1v) is 9.07. The van der Waals surface area contributed by atoms with Crippen LogP contribution in [0.25, 0.3) is 0 Å². The molecule has 0 amide bonds. The molecular weight excluding hydrogens is 332 g/mol. The number of nitrogens with one attached hydrogen (secondary N) is 2. The van der Waals surface area contributed by atoms with Crippen LogP contribution in [0, 0.1) is 0 Å². The van der Waals surface area contributed by atoms with Crippen molar-refractivity contribution in [1.82, 2.24) is 10.6 Å². The third-order valence-electron chi connectivity index (χ3n) is 3.22. The van der Waals surface area contributed by atoms with Gasteiger partial charge in [-0.3, -0.25) is 0 Å². The second-order valence-electron chi connectivity index (χ2n) is 4.83. The summed E-state index contributed by atoms with van der Waals surface area (Å²) in [6.07, 6.45) is 2.99. The summed E-state index contributed by atoms with van der Waals surface area (Å²) < 4.78 is 0. The molecule has 116 valence electrons. The van der Waals surface area contributed by atoms with E-state index in [1.54, 1.807) is 11.8 Å². The highest BCUT2D eigenvalue weighted by Gasteiger charge is 1.98. The number of hydrogen-bond acceptors (Lipinski definition) is 2. The van der Waals surface area contributed by atoms with E-state index >= 15 is 0 Å². The van der Waals surface area contributed by atoms with Crippen molar-refractivity contribution < 1.29 is 0 Å². The summed E-state index contributed by atoms with van der Waals surface area (Å²) in [6.45, 7) is 1.54. The number of rotatable bonds is 6. The average Bonchev–Trinajstić information content (AvgIpc) is 2.55. The minimum atomic E-state index is 0.683. The van der Waals surface area contributed by atoms with E-state index in [2.05, 4.69) is 41.2 Å². The van der Waals surface area contributed by atoms with Gasteiger partial charge >= 0.3 is 0 Å². The Kier molecular flexibility index (Phi) is 7.03. The minimum Gasteiger partial charge on any atom is -0.362 e. The standard InChI is InChI=1S/C17H19ClN2S2/c1-22-16-8-4-14(5-9-16)12-20-17(21)19-11-10-13-2-6-15(18)7-3-13/h2-9H,10-12H2,1H3,(H2,19,20,21). The van der Waals surface area contributed by atoms with Gasteiger partial charge in [-0.2, -0.15) is 0 Å². The van der Waals surface area contributed by atoms with E-state index in [-0.39, 0.29) is 0 Å². The molecule has 0 saturated heterocycles. The van der Waals surface area contributed by atoms with Crippen molar-refractivity contribution in [1.29, 1.82) is 0 Å². The quantitative estimate of drug-likeness (QED) is 0.600. The van der Waals surface area contributed by atoms with Crippen LogP contribution in [-0.4, -0.2) is 17.9 Å². The number of halogens is 1. The highest BCUT2D eigenvalue weighted by molar-refractivity contribution is 7.98. The molecule has 0 unspecified atom stereocenters. The van der Waals surface area contributed by atoms with E-state index in [1.165, 1.54) is 16.0 Å². The number of thioether (sulfide) groups is 1. The summed E-state index contributed by atoms with van der Waals surface area (Å²) in [5.74, 6) is 0. The van der Waals surface area contributed by atoms with Crippen LogP contribution in [0.4, 0.5) is 0 Å². The van der Waals surface area contributed by atoms with Crippen molar-refractivity contribution >= 4 is 40.7 Å². The molecular formula is C17H19ClN2S2. The Bertz CT molecular complexity index is 597. The van der Waals surface area contributed by atoms with Crippen LogP contribution >= 0.6 is 35.6 Å². The fraction of sp³-hybridized carbons (Fsp3) is 0.235.